The van der Waals surface area contributed by atoms with Crippen LogP contribution in [0.5, 0.6) is 0 Å². The van der Waals surface area contributed by atoms with Crippen molar-refractivity contribution in [3.05, 3.63) is 52.0 Å². The number of hydrogen-bond acceptors (Lipinski definition) is 3. The van der Waals surface area contributed by atoms with E-state index in [0.29, 0.717) is 5.69 Å². The molecule has 2 aromatic heterocycles. The molecule has 0 aliphatic heterocycles. The van der Waals surface area contributed by atoms with Crippen LogP contribution in [0.3, 0.4) is 0 Å². The van der Waals surface area contributed by atoms with Crippen molar-refractivity contribution in [2.75, 3.05) is 5.32 Å². The summed E-state index contributed by atoms with van der Waals surface area (Å²) < 4.78 is 0. The van der Waals surface area contributed by atoms with E-state index in [4.69, 9.17) is 23.2 Å². The Morgan fingerprint density at radius 1 is 1.22 bits per heavy atom. The Balaban J connectivity index is 2.19. The Kier molecular flexibility index (Phi) is 3.79. The van der Waals surface area contributed by atoms with E-state index in [2.05, 4.69) is 15.3 Å². The van der Waals surface area contributed by atoms with Crippen LogP contribution in [0, 0.1) is 6.92 Å². The number of amides is 1. The molecule has 6 heteroatoms. The van der Waals surface area contributed by atoms with Crippen LogP contribution in [0.15, 0.2) is 30.5 Å². The predicted molar refractivity (Wildman–Crippen MR) is 71.2 cm³/mol. The molecular formula is C12H9Cl2N3O. The van der Waals surface area contributed by atoms with E-state index < -0.39 is 0 Å². The molecular weight excluding hydrogens is 273 g/mol. The predicted octanol–water partition coefficient (Wildman–Crippen LogP) is 3.34. The summed E-state index contributed by atoms with van der Waals surface area (Å²) in [6, 6.07) is 6.60. The van der Waals surface area contributed by atoms with E-state index >= 15 is 0 Å². The first-order chi connectivity index (χ1) is 8.56. The normalized spacial score (nSPS) is 10.2. The summed E-state index contributed by atoms with van der Waals surface area (Å²) in [7, 11) is 0. The van der Waals surface area contributed by atoms with Gasteiger partial charge >= 0.3 is 0 Å². The average molecular weight is 282 g/mol. The van der Waals surface area contributed by atoms with Crippen molar-refractivity contribution < 1.29 is 4.79 Å². The quantitative estimate of drug-likeness (QED) is 0.859. The largest absolute Gasteiger partial charge is 0.320 e. The Hall–Kier alpha value is -1.65. The monoisotopic (exact) mass is 281 g/mol. The van der Waals surface area contributed by atoms with E-state index in [1.54, 1.807) is 18.3 Å². The number of rotatable bonds is 2. The number of halogens is 2. The van der Waals surface area contributed by atoms with Gasteiger partial charge in [0, 0.05) is 5.69 Å². The fourth-order valence-electron chi connectivity index (χ4n) is 1.32. The van der Waals surface area contributed by atoms with Crippen molar-refractivity contribution in [1.29, 1.82) is 0 Å². The Labute approximate surface area is 114 Å². The number of aromatic nitrogens is 2. The summed E-state index contributed by atoms with van der Waals surface area (Å²) in [6.07, 6.45) is 1.57. The number of nitrogens with zero attached hydrogens (tertiary/aromatic N) is 2. The topological polar surface area (TPSA) is 54.9 Å². The van der Waals surface area contributed by atoms with E-state index in [1.165, 1.54) is 12.1 Å². The maximum absolute atomic E-state index is 11.9. The first kappa shape index (κ1) is 12.8. The number of pyridine rings is 2. The fraction of sp³-hybridized carbons (Fsp3) is 0.0833. The van der Waals surface area contributed by atoms with Crippen LogP contribution in [0.2, 0.25) is 10.3 Å². The van der Waals surface area contributed by atoms with Crippen molar-refractivity contribution in [2.45, 2.75) is 6.92 Å². The van der Waals surface area contributed by atoms with Crippen molar-refractivity contribution in [3.63, 3.8) is 0 Å². The molecule has 1 N–H and O–H groups in total. The van der Waals surface area contributed by atoms with Crippen LogP contribution in [0.4, 0.5) is 5.69 Å². The minimum atomic E-state index is -0.352. The highest BCUT2D eigenvalue weighted by Crippen LogP contribution is 2.18. The third-order valence-electron chi connectivity index (χ3n) is 2.23. The molecule has 0 saturated carbocycles. The highest BCUT2D eigenvalue weighted by molar-refractivity contribution is 6.35. The molecule has 0 spiro atoms. The average Bonchev–Trinajstić information content (AvgIpc) is 2.32. The number of carbonyl (C=O) groups excluding carboxylic acids is 1. The van der Waals surface area contributed by atoms with E-state index in [-0.39, 0.29) is 21.8 Å². The second kappa shape index (κ2) is 5.33. The molecule has 0 aliphatic carbocycles. The highest BCUT2D eigenvalue weighted by Gasteiger charge is 2.12. The smallest absolute Gasteiger partial charge is 0.258 e. The van der Waals surface area contributed by atoms with Crippen LogP contribution in [0.25, 0.3) is 0 Å². The lowest BCUT2D eigenvalue weighted by molar-refractivity contribution is 0.102. The molecule has 18 heavy (non-hydrogen) atoms. The lowest BCUT2D eigenvalue weighted by atomic mass is 10.2. The first-order valence-electron chi connectivity index (χ1n) is 5.12. The molecule has 2 heterocycles. The molecule has 0 atom stereocenters. The summed E-state index contributed by atoms with van der Waals surface area (Å²) in [5.41, 5.74) is 1.73. The third-order valence-corrected chi connectivity index (χ3v) is 2.73. The van der Waals surface area contributed by atoms with Gasteiger partial charge in [-0.1, -0.05) is 23.2 Å². The van der Waals surface area contributed by atoms with Crippen molar-refractivity contribution >= 4 is 34.8 Å². The van der Waals surface area contributed by atoms with Crippen LogP contribution < -0.4 is 5.32 Å². The molecule has 4 nitrogen and oxygen atoms in total. The first-order valence-corrected chi connectivity index (χ1v) is 5.88. The van der Waals surface area contributed by atoms with Gasteiger partial charge in [0.05, 0.1) is 17.4 Å². The zero-order valence-electron chi connectivity index (χ0n) is 9.45. The van der Waals surface area contributed by atoms with Gasteiger partial charge in [-0.05, 0) is 31.2 Å². The lowest BCUT2D eigenvalue weighted by Gasteiger charge is -2.06. The third kappa shape index (κ3) is 2.97. The summed E-state index contributed by atoms with van der Waals surface area (Å²) >= 11 is 11.5. The van der Waals surface area contributed by atoms with E-state index in [9.17, 15) is 4.79 Å². The minimum Gasteiger partial charge on any atom is -0.320 e. The molecule has 0 radical (unpaired) electrons. The van der Waals surface area contributed by atoms with Gasteiger partial charge in [-0.25, -0.2) is 4.98 Å². The molecule has 1 amide bonds. The highest BCUT2D eigenvalue weighted by atomic mass is 35.5. The van der Waals surface area contributed by atoms with Crippen LogP contribution in [0.1, 0.15) is 16.1 Å². The molecule has 0 bridgehead atoms. The van der Waals surface area contributed by atoms with E-state index in [0.717, 1.165) is 5.69 Å². The number of carbonyl (C=O) groups is 1. The molecule has 2 aromatic rings. The summed E-state index contributed by atoms with van der Waals surface area (Å²) in [4.78, 5) is 19.8. The summed E-state index contributed by atoms with van der Waals surface area (Å²) in [5, 5.41) is 2.99. The van der Waals surface area contributed by atoms with Gasteiger partial charge in [0.25, 0.3) is 5.91 Å². The van der Waals surface area contributed by atoms with Gasteiger partial charge in [-0.3, -0.25) is 9.78 Å². The Morgan fingerprint density at radius 3 is 2.61 bits per heavy atom. The maximum atomic E-state index is 11.9. The van der Waals surface area contributed by atoms with Gasteiger partial charge < -0.3 is 5.32 Å². The molecule has 0 aliphatic rings. The molecule has 0 unspecified atom stereocenters. The van der Waals surface area contributed by atoms with E-state index in [1.807, 2.05) is 6.92 Å². The number of anilines is 1. The zero-order chi connectivity index (χ0) is 13.1. The van der Waals surface area contributed by atoms with Crippen LogP contribution in [-0.2, 0) is 0 Å². The van der Waals surface area contributed by atoms with Crippen LogP contribution in [-0.4, -0.2) is 15.9 Å². The van der Waals surface area contributed by atoms with Crippen LogP contribution >= 0.6 is 23.2 Å². The molecule has 0 fully saturated rings. The van der Waals surface area contributed by atoms with Gasteiger partial charge in [0.15, 0.2) is 0 Å². The summed E-state index contributed by atoms with van der Waals surface area (Å²) in [6.45, 7) is 1.87. The second-order valence-corrected chi connectivity index (χ2v) is 4.36. The SMILES string of the molecule is Cc1ccc(NC(=O)c2ccc(Cl)nc2Cl)cn1. The Morgan fingerprint density at radius 2 is 2.00 bits per heavy atom. The fourth-order valence-corrected chi connectivity index (χ4v) is 1.75. The van der Waals surface area contributed by atoms with Crippen molar-refractivity contribution in [2.24, 2.45) is 0 Å². The molecule has 0 aromatic carbocycles. The standard InChI is InChI=1S/C12H9Cl2N3O/c1-7-2-3-8(6-15-7)16-12(18)9-4-5-10(13)17-11(9)14/h2-6H,1H3,(H,16,18). The molecule has 0 saturated heterocycles. The lowest BCUT2D eigenvalue weighted by Crippen LogP contribution is -2.13. The minimum absolute atomic E-state index is 0.0695. The van der Waals surface area contributed by atoms with Gasteiger partial charge in [0.1, 0.15) is 10.3 Å². The maximum Gasteiger partial charge on any atom is 0.258 e. The molecule has 2 rings (SSSR count). The van der Waals surface area contributed by atoms with Gasteiger partial charge in [-0.2, -0.15) is 0 Å². The van der Waals surface area contributed by atoms with Crippen molar-refractivity contribution in [3.8, 4) is 0 Å². The summed E-state index contributed by atoms with van der Waals surface area (Å²) in [5.74, 6) is -0.352. The number of aryl methyl sites for hydroxylation is 1. The Bertz CT molecular complexity index is 584. The van der Waals surface area contributed by atoms with Gasteiger partial charge in [-0.15, -0.1) is 0 Å². The number of nitrogens with one attached hydrogen (secondary N) is 1. The molecule has 92 valence electrons. The van der Waals surface area contributed by atoms with Crippen molar-refractivity contribution in [1.82, 2.24) is 9.97 Å². The second-order valence-electron chi connectivity index (χ2n) is 3.61. The zero-order valence-corrected chi connectivity index (χ0v) is 11.0. The number of hydrogen-bond donors (Lipinski definition) is 1. The van der Waals surface area contributed by atoms with Gasteiger partial charge in [0.2, 0.25) is 0 Å².